The molecule has 0 amide bonds. The van der Waals surface area contributed by atoms with Crippen molar-refractivity contribution in [3.63, 3.8) is 0 Å². The predicted octanol–water partition coefficient (Wildman–Crippen LogP) is 1.16. The zero-order valence-electron chi connectivity index (χ0n) is 7.66. The Balaban J connectivity index is 2.73. The average molecular weight is 170 g/mol. The molecule has 1 heterocycles. The Morgan fingerprint density at radius 2 is 2.00 bits per heavy atom. The molecule has 1 fully saturated rings. The average Bonchev–Trinajstić information content (AvgIpc) is 1.96. The van der Waals surface area contributed by atoms with Gasteiger partial charge in [0.25, 0.3) is 0 Å². The first kappa shape index (κ1) is 9.23. The summed E-state index contributed by atoms with van der Waals surface area (Å²) in [6.07, 6.45) is -0.275. The molecular formula is C9H14O3. The van der Waals surface area contributed by atoms with Crippen molar-refractivity contribution in [2.24, 2.45) is 11.8 Å². The fraction of sp³-hybridized carbons (Fsp3) is 0.778. The van der Waals surface area contributed by atoms with Gasteiger partial charge in [0.05, 0.1) is 5.92 Å². The highest BCUT2D eigenvalue weighted by molar-refractivity contribution is 5.98. The third kappa shape index (κ3) is 1.65. The largest absolute Gasteiger partial charge is 0.461 e. The number of cyclic esters (lactones) is 1. The summed E-state index contributed by atoms with van der Waals surface area (Å²) in [5, 5.41) is 0. The number of Topliss-reactive ketones (excluding diaryl/α,β-unsaturated/α-hetero) is 1. The predicted molar refractivity (Wildman–Crippen MR) is 43.5 cm³/mol. The van der Waals surface area contributed by atoms with Crippen LogP contribution in [0.15, 0.2) is 0 Å². The molecule has 0 aliphatic carbocycles. The molecule has 3 nitrogen and oxygen atoms in total. The van der Waals surface area contributed by atoms with Crippen molar-refractivity contribution in [1.29, 1.82) is 0 Å². The third-order valence-electron chi connectivity index (χ3n) is 2.24. The van der Waals surface area contributed by atoms with Crippen molar-refractivity contribution in [2.45, 2.75) is 33.3 Å². The van der Waals surface area contributed by atoms with E-state index in [4.69, 9.17) is 4.74 Å². The number of ether oxygens (including phenoxy) is 1. The number of carbonyl (C=O) groups excluding carboxylic acids is 2. The van der Waals surface area contributed by atoms with Gasteiger partial charge in [0.15, 0.2) is 5.78 Å². The van der Waals surface area contributed by atoms with Gasteiger partial charge < -0.3 is 4.74 Å². The molecule has 0 N–H and O–H groups in total. The number of ketones is 1. The topological polar surface area (TPSA) is 43.4 Å². The van der Waals surface area contributed by atoms with Crippen LogP contribution in [0.5, 0.6) is 0 Å². The van der Waals surface area contributed by atoms with E-state index in [1.54, 1.807) is 0 Å². The third-order valence-corrected chi connectivity index (χ3v) is 2.24. The molecule has 2 unspecified atom stereocenters. The second-order valence-corrected chi connectivity index (χ2v) is 3.63. The van der Waals surface area contributed by atoms with Crippen LogP contribution in [-0.4, -0.2) is 17.9 Å². The van der Waals surface area contributed by atoms with E-state index in [2.05, 4.69) is 0 Å². The van der Waals surface area contributed by atoms with E-state index in [0.717, 1.165) is 0 Å². The molecule has 0 saturated carbocycles. The maximum Gasteiger partial charge on any atom is 0.313 e. The highest BCUT2D eigenvalue weighted by Gasteiger charge is 2.35. The fourth-order valence-electron chi connectivity index (χ4n) is 1.50. The van der Waals surface area contributed by atoms with E-state index >= 15 is 0 Å². The van der Waals surface area contributed by atoms with Crippen LogP contribution in [0.1, 0.15) is 27.2 Å². The lowest BCUT2D eigenvalue weighted by Gasteiger charge is -2.30. The van der Waals surface area contributed by atoms with E-state index < -0.39 is 0 Å². The van der Waals surface area contributed by atoms with Crippen molar-refractivity contribution >= 4 is 11.8 Å². The van der Waals surface area contributed by atoms with Gasteiger partial charge in [-0.3, -0.25) is 9.59 Å². The van der Waals surface area contributed by atoms with Crippen LogP contribution in [0.25, 0.3) is 0 Å². The maximum absolute atomic E-state index is 11.2. The first-order valence-electron chi connectivity index (χ1n) is 4.24. The molecule has 0 aromatic carbocycles. The fourth-order valence-corrected chi connectivity index (χ4v) is 1.50. The van der Waals surface area contributed by atoms with E-state index in [1.165, 1.54) is 0 Å². The minimum Gasteiger partial charge on any atom is -0.461 e. The molecule has 1 rings (SSSR count). The van der Waals surface area contributed by atoms with E-state index in [1.807, 2.05) is 20.8 Å². The SMILES string of the molecule is CC(C)C1OC(=O)CC(=O)C1C. The smallest absolute Gasteiger partial charge is 0.313 e. The van der Waals surface area contributed by atoms with Gasteiger partial charge in [0.1, 0.15) is 12.5 Å². The molecule has 0 aromatic heterocycles. The molecule has 0 spiro atoms. The van der Waals surface area contributed by atoms with E-state index in [9.17, 15) is 9.59 Å². The Kier molecular flexibility index (Phi) is 2.50. The Hall–Kier alpha value is -0.860. The lowest BCUT2D eigenvalue weighted by Crippen LogP contribution is -2.40. The zero-order chi connectivity index (χ0) is 9.30. The number of esters is 1. The Bertz CT molecular complexity index is 208. The van der Waals surface area contributed by atoms with Crippen LogP contribution in [0.2, 0.25) is 0 Å². The van der Waals surface area contributed by atoms with Crippen LogP contribution < -0.4 is 0 Å². The highest BCUT2D eigenvalue weighted by Crippen LogP contribution is 2.23. The molecule has 68 valence electrons. The molecule has 0 radical (unpaired) electrons. The quantitative estimate of drug-likeness (QED) is 0.438. The highest BCUT2D eigenvalue weighted by atomic mass is 16.5. The van der Waals surface area contributed by atoms with Crippen LogP contribution in [0, 0.1) is 11.8 Å². The van der Waals surface area contributed by atoms with Gasteiger partial charge in [-0.1, -0.05) is 20.8 Å². The minimum absolute atomic E-state index is 0.00458. The molecule has 1 aliphatic heterocycles. The summed E-state index contributed by atoms with van der Waals surface area (Å²) in [6.45, 7) is 5.72. The van der Waals surface area contributed by atoms with Crippen molar-refractivity contribution in [1.82, 2.24) is 0 Å². The van der Waals surface area contributed by atoms with Crippen LogP contribution in [0.3, 0.4) is 0 Å². The first-order chi connectivity index (χ1) is 5.52. The molecule has 0 aromatic rings. The summed E-state index contributed by atoms with van der Waals surface area (Å²) in [5.41, 5.74) is 0. The lowest BCUT2D eigenvalue weighted by molar-refractivity contribution is -0.165. The lowest BCUT2D eigenvalue weighted by atomic mass is 9.88. The monoisotopic (exact) mass is 170 g/mol. The Morgan fingerprint density at radius 1 is 1.42 bits per heavy atom. The standard InChI is InChI=1S/C9H14O3/c1-5(2)9-6(3)7(10)4-8(11)12-9/h5-6,9H,4H2,1-3H3. The zero-order valence-corrected chi connectivity index (χ0v) is 7.66. The number of hydrogen-bond acceptors (Lipinski definition) is 3. The minimum atomic E-state index is -0.378. The molecule has 12 heavy (non-hydrogen) atoms. The molecule has 3 heteroatoms. The number of hydrogen-bond donors (Lipinski definition) is 0. The second-order valence-electron chi connectivity index (χ2n) is 3.63. The molecular weight excluding hydrogens is 156 g/mol. The van der Waals surface area contributed by atoms with E-state index in [-0.39, 0.29) is 36.1 Å². The number of carbonyl (C=O) groups is 2. The van der Waals surface area contributed by atoms with Crippen LogP contribution in [0.4, 0.5) is 0 Å². The van der Waals surface area contributed by atoms with Crippen LogP contribution >= 0.6 is 0 Å². The van der Waals surface area contributed by atoms with Crippen molar-refractivity contribution < 1.29 is 14.3 Å². The normalized spacial score (nSPS) is 30.7. The van der Waals surface area contributed by atoms with Gasteiger partial charge in [-0.25, -0.2) is 0 Å². The first-order valence-corrected chi connectivity index (χ1v) is 4.24. The summed E-state index contributed by atoms with van der Waals surface area (Å²) in [6, 6.07) is 0. The van der Waals surface area contributed by atoms with Gasteiger partial charge in [-0.15, -0.1) is 0 Å². The van der Waals surface area contributed by atoms with E-state index in [0.29, 0.717) is 0 Å². The van der Waals surface area contributed by atoms with Crippen LogP contribution in [-0.2, 0) is 14.3 Å². The summed E-state index contributed by atoms with van der Waals surface area (Å²) in [7, 11) is 0. The van der Waals surface area contributed by atoms with Gasteiger partial charge in [0.2, 0.25) is 0 Å². The Morgan fingerprint density at radius 3 is 2.50 bits per heavy atom. The summed E-state index contributed by atoms with van der Waals surface area (Å²) in [4.78, 5) is 22.1. The number of rotatable bonds is 1. The van der Waals surface area contributed by atoms with Crippen molar-refractivity contribution in [3.8, 4) is 0 Å². The van der Waals surface area contributed by atoms with Gasteiger partial charge in [0, 0.05) is 0 Å². The van der Waals surface area contributed by atoms with Gasteiger partial charge >= 0.3 is 5.97 Å². The van der Waals surface area contributed by atoms with Gasteiger partial charge in [-0.2, -0.15) is 0 Å². The second kappa shape index (κ2) is 3.25. The van der Waals surface area contributed by atoms with Crippen molar-refractivity contribution in [2.75, 3.05) is 0 Å². The molecule has 2 atom stereocenters. The maximum atomic E-state index is 11.2. The van der Waals surface area contributed by atoms with Gasteiger partial charge in [-0.05, 0) is 5.92 Å². The molecule has 1 saturated heterocycles. The Labute approximate surface area is 72.1 Å². The molecule has 1 aliphatic rings. The van der Waals surface area contributed by atoms with Crippen molar-refractivity contribution in [3.05, 3.63) is 0 Å². The summed E-state index contributed by atoms with van der Waals surface area (Å²) >= 11 is 0. The summed E-state index contributed by atoms with van der Waals surface area (Å²) < 4.78 is 5.07. The summed E-state index contributed by atoms with van der Waals surface area (Å²) in [5.74, 6) is -0.294. The molecule has 0 bridgehead atoms.